The van der Waals surface area contributed by atoms with Gasteiger partial charge in [-0.3, -0.25) is 9.69 Å². The molecule has 1 aromatic carbocycles. The number of thiazole rings is 1. The standard InChI is InChI=1S/C25H28N6O2S/c1-16-26-13-19(34-16)15-30-9-8-23(31(11-10-30)17(2)32)24-27-14-22(28-24)20-12-18-6-4-5-7-21(18)29-25(20)33-3/h4-7,12-14,23H,8-11,15H2,1-3H3,(H,27,28). The number of aryl methyl sites for hydroxylation is 1. The molecule has 3 aromatic heterocycles. The number of aromatic amines is 1. The summed E-state index contributed by atoms with van der Waals surface area (Å²) in [5.41, 5.74) is 2.56. The molecule has 0 bridgehead atoms. The maximum Gasteiger partial charge on any atom is 0.223 e. The number of hydrogen-bond donors (Lipinski definition) is 1. The van der Waals surface area contributed by atoms with Crippen LogP contribution < -0.4 is 4.74 Å². The minimum Gasteiger partial charge on any atom is -0.480 e. The summed E-state index contributed by atoms with van der Waals surface area (Å²) >= 11 is 1.73. The third-order valence-corrected chi connectivity index (χ3v) is 7.19. The van der Waals surface area contributed by atoms with Crippen LogP contribution in [-0.2, 0) is 11.3 Å². The predicted octanol–water partition coefficient (Wildman–Crippen LogP) is 4.19. The van der Waals surface area contributed by atoms with Crippen LogP contribution in [0.3, 0.4) is 0 Å². The molecule has 1 aliphatic heterocycles. The number of nitrogens with one attached hydrogen (secondary N) is 1. The number of amides is 1. The molecule has 0 radical (unpaired) electrons. The van der Waals surface area contributed by atoms with E-state index in [-0.39, 0.29) is 11.9 Å². The second-order valence-electron chi connectivity index (χ2n) is 8.56. The Morgan fingerprint density at radius 2 is 2.06 bits per heavy atom. The van der Waals surface area contributed by atoms with Crippen LogP contribution in [0.5, 0.6) is 5.88 Å². The van der Waals surface area contributed by atoms with E-state index in [1.807, 2.05) is 48.5 Å². The number of fused-ring (bicyclic) bond motifs is 1. The third kappa shape index (κ3) is 4.53. The lowest BCUT2D eigenvalue weighted by atomic mass is 10.1. The van der Waals surface area contributed by atoms with Gasteiger partial charge in [-0.05, 0) is 25.5 Å². The van der Waals surface area contributed by atoms with E-state index in [4.69, 9.17) is 9.72 Å². The summed E-state index contributed by atoms with van der Waals surface area (Å²) in [6.45, 7) is 6.88. The number of aromatic nitrogens is 4. The zero-order valence-corrected chi connectivity index (χ0v) is 20.4. The van der Waals surface area contributed by atoms with Crippen molar-refractivity contribution in [3.63, 3.8) is 0 Å². The van der Waals surface area contributed by atoms with Crippen LogP contribution in [0, 0.1) is 6.92 Å². The van der Waals surface area contributed by atoms with Crippen molar-refractivity contribution in [3.8, 4) is 17.1 Å². The van der Waals surface area contributed by atoms with Crippen molar-refractivity contribution < 1.29 is 9.53 Å². The first kappa shape index (κ1) is 22.5. The summed E-state index contributed by atoms with van der Waals surface area (Å²) < 4.78 is 5.58. The Labute approximate surface area is 202 Å². The highest BCUT2D eigenvalue weighted by molar-refractivity contribution is 7.11. The first-order valence-corrected chi connectivity index (χ1v) is 12.2. The fourth-order valence-electron chi connectivity index (χ4n) is 4.59. The molecule has 9 heteroatoms. The molecule has 4 heterocycles. The number of ether oxygens (including phenoxy) is 1. The van der Waals surface area contributed by atoms with Gasteiger partial charge in [0.2, 0.25) is 11.8 Å². The molecule has 0 spiro atoms. The summed E-state index contributed by atoms with van der Waals surface area (Å²) in [5, 5.41) is 2.11. The van der Waals surface area contributed by atoms with E-state index in [9.17, 15) is 4.79 Å². The van der Waals surface area contributed by atoms with Gasteiger partial charge >= 0.3 is 0 Å². The second-order valence-corrected chi connectivity index (χ2v) is 9.88. The Hall–Kier alpha value is -3.30. The number of methoxy groups -OCH3 is 1. The Balaban J connectivity index is 1.41. The van der Waals surface area contributed by atoms with E-state index < -0.39 is 0 Å². The molecule has 5 rings (SSSR count). The van der Waals surface area contributed by atoms with Gasteiger partial charge in [-0.25, -0.2) is 15.0 Å². The van der Waals surface area contributed by atoms with Crippen LogP contribution in [0.25, 0.3) is 22.2 Å². The van der Waals surface area contributed by atoms with Crippen molar-refractivity contribution in [1.82, 2.24) is 29.7 Å². The molecule has 1 fully saturated rings. The average molecular weight is 477 g/mol. The first-order valence-electron chi connectivity index (χ1n) is 11.4. The molecular weight excluding hydrogens is 448 g/mol. The van der Waals surface area contributed by atoms with Gasteiger partial charge < -0.3 is 14.6 Å². The van der Waals surface area contributed by atoms with Gasteiger partial charge in [0.15, 0.2) is 0 Å². The largest absolute Gasteiger partial charge is 0.480 e. The molecule has 1 amide bonds. The molecule has 0 aliphatic carbocycles. The zero-order valence-electron chi connectivity index (χ0n) is 19.6. The Bertz CT molecular complexity index is 1320. The van der Waals surface area contributed by atoms with Crippen molar-refractivity contribution in [1.29, 1.82) is 0 Å². The maximum absolute atomic E-state index is 12.6. The molecule has 4 aromatic rings. The number of rotatable bonds is 5. The molecule has 1 atom stereocenters. The minimum absolute atomic E-state index is 0.0587. The first-order chi connectivity index (χ1) is 16.5. The van der Waals surface area contributed by atoms with Crippen LogP contribution in [0.15, 0.2) is 42.7 Å². The fraction of sp³-hybridized carbons (Fsp3) is 0.360. The van der Waals surface area contributed by atoms with Crippen molar-refractivity contribution >= 4 is 28.1 Å². The Morgan fingerprint density at radius 1 is 1.21 bits per heavy atom. The van der Waals surface area contributed by atoms with E-state index in [0.717, 1.165) is 59.0 Å². The Morgan fingerprint density at radius 3 is 2.82 bits per heavy atom. The summed E-state index contributed by atoms with van der Waals surface area (Å²) in [5.74, 6) is 1.39. The van der Waals surface area contributed by atoms with Crippen molar-refractivity contribution in [3.05, 3.63) is 58.4 Å². The second kappa shape index (κ2) is 9.52. The number of carbonyl (C=O) groups is 1. The van der Waals surface area contributed by atoms with E-state index in [1.54, 1.807) is 25.4 Å². The summed E-state index contributed by atoms with van der Waals surface area (Å²) in [4.78, 5) is 35.3. The summed E-state index contributed by atoms with van der Waals surface area (Å²) in [6.07, 6.45) is 4.57. The normalized spacial score (nSPS) is 17.1. The molecule has 1 unspecified atom stereocenters. The van der Waals surface area contributed by atoms with Crippen LogP contribution >= 0.6 is 11.3 Å². The smallest absolute Gasteiger partial charge is 0.223 e. The monoisotopic (exact) mass is 476 g/mol. The van der Waals surface area contributed by atoms with E-state index in [2.05, 4.69) is 25.9 Å². The number of hydrogen-bond acceptors (Lipinski definition) is 7. The highest BCUT2D eigenvalue weighted by Gasteiger charge is 2.30. The third-order valence-electron chi connectivity index (χ3n) is 6.29. The van der Waals surface area contributed by atoms with Gasteiger partial charge in [-0.2, -0.15) is 0 Å². The molecule has 8 nitrogen and oxygen atoms in total. The highest BCUT2D eigenvalue weighted by atomic mass is 32.1. The van der Waals surface area contributed by atoms with Crippen LogP contribution in [-0.4, -0.2) is 62.4 Å². The molecule has 1 aliphatic rings. The number of H-pyrrole nitrogens is 1. The lowest BCUT2D eigenvalue weighted by molar-refractivity contribution is -0.131. The zero-order chi connectivity index (χ0) is 23.7. The van der Waals surface area contributed by atoms with Crippen molar-refractivity contribution in [2.75, 3.05) is 26.7 Å². The minimum atomic E-state index is -0.112. The van der Waals surface area contributed by atoms with Gasteiger partial charge in [0.1, 0.15) is 5.82 Å². The van der Waals surface area contributed by atoms with Gasteiger partial charge in [0.25, 0.3) is 0 Å². The molecule has 34 heavy (non-hydrogen) atoms. The molecule has 1 N–H and O–H groups in total. The molecular formula is C25H28N6O2S. The highest BCUT2D eigenvalue weighted by Crippen LogP contribution is 2.33. The topological polar surface area (TPSA) is 87.2 Å². The fourth-order valence-corrected chi connectivity index (χ4v) is 5.42. The lowest BCUT2D eigenvalue weighted by Gasteiger charge is -2.27. The molecule has 0 saturated carbocycles. The number of imidazole rings is 1. The number of pyridine rings is 1. The van der Waals surface area contributed by atoms with Gasteiger partial charge in [0, 0.05) is 49.6 Å². The van der Waals surface area contributed by atoms with Gasteiger partial charge in [-0.15, -0.1) is 11.3 Å². The molecule has 1 saturated heterocycles. The average Bonchev–Trinajstić information content (AvgIpc) is 3.43. The lowest BCUT2D eigenvalue weighted by Crippen LogP contribution is -2.35. The van der Waals surface area contributed by atoms with E-state index in [0.29, 0.717) is 12.4 Å². The van der Waals surface area contributed by atoms with Crippen LogP contribution in [0.4, 0.5) is 0 Å². The van der Waals surface area contributed by atoms with Crippen molar-refractivity contribution in [2.45, 2.75) is 32.9 Å². The van der Waals surface area contributed by atoms with Gasteiger partial charge in [0.05, 0.1) is 41.1 Å². The number of nitrogens with zero attached hydrogens (tertiary/aromatic N) is 5. The number of carbonyl (C=O) groups excluding carboxylic acids is 1. The number of benzene rings is 1. The van der Waals surface area contributed by atoms with Crippen molar-refractivity contribution in [2.24, 2.45) is 0 Å². The summed E-state index contributed by atoms with van der Waals surface area (Å²) in [6, 6.07) is 9.91. The van der Waals surface area contributed by atoms with E-state index in [1.165, 1.54) is 4.88 Å². The SMILES string of the molecule is COc1nc2ccccc2cc1-c1cnc(C2CCN(Cc3cnc(C)s3)CCN2C(C)=O)[nH]1. The van der Waals surface area contributed by atoms with Gasteiger partial charge in [-0.1, -0.05) is 18.2 Å². The quantitative estimate of drug-likeness (QED) is 0.465. The van der Waals surface area contributed by atoms with E-state index >= 15 is 0 Å². The number of para-hydroxylation sites is 1. The predicted molar refractivity (Wildman–Crippen MR) is 133 cm³/mol. The van der Waals surface area contributed by atoms with Crippen LogP contribution in [0.1, 0.15) is 35.1 Å². The van der Waals surface area contributed by atoms with Crippen LogP contribution in [0.2, 0.25) is 0 Å². The maximum atomic E-state index is 12.6. The molecule has 176 valence electrons. The Kier molecular flexibility index (Phi) is 6.30. The summed E-state index contributed by atoms with van der Waals surface area (Å²) in [7, 11) is 1.62.